The molecule has 1 atom stereocenters. The summed E-state index contributed by atoms with van der Waals surface area (Å²) in [6.07, 6.45) is -1.97. The van der Waals surface area contributed by atoms with Crippen molar-refractivity contribution in [3.63, 3.8) is 0 Å². The molecule has 0 spiro atoms. The van der Waals surface area contributed by atoms with E-state index in [0.29, 0.717) is 24.5 Å². The Labute approximate surface area is 188 Å². The van der Waals surface area contributed by atoms with Crippen LogP contribution in [0.3, 0.4) is 0 Å². The minimum atomic E-state index is -4.50. The molecule has 0 aromatic carbocycles. The highest BCUT2D eigenvalue weighted by atomic mass is 32.2. The van der Waals surface area contributed by atoms with Gasteiger partial charge in [-0.05, 0) is 36.4 Å². The molecule has 1 unspecified atom stereocenters. The third-order valence-corrected chi connectivity index (χ3v) is 7.82. The van der Waals surface area contributed by atoms with Crippen LogP contribution in [0.25, 0.3) is 0 Å². The molecule has 164 valence electrons. The fraction of sp³-hybridized carbons (Fsp3) is 0.368. The second-order valence-corrected chi connectivity index (χ2v) is 10.1. The van der Waals surface area contributed by atoms with Crippen molar-refractivity contribution in [3.05, 3.63) is 46.3 Å². The number of halogens is 3. The molecule has 0 radical (unpaired) electrons. The molecule has 31 heavy (non-hydrogen) atoms. The highest BCUT2D eigenvalue weighted by Gasteiger charge is 2.37. The Bertz CT molecular complexity index is 1020. The van der Waals surface area contributed by atoms with Crippen LogP contribution < -0.4 is 10.2 Å². The smallest absolute Gasteiger partial charge is 0.355 e. The molecule has 1 N–H and O–H groups in total. The molecule has 3 aromatic heterocycles. The zero-order valence-electron chi connectivity index (χ0n) is 16.1. The highest BCUT2D eigenvalue weighted by molar-refractivity contribution is 8.00. The van der Waals surface area contributed by atoms with Gasteiger partial charge in [-0.1, -0.05) is 29.2 Å². The van der Waals surface area contributed by atoms with Crippen molar-refractivity contribution in [3.8, 4) is 0 Å². The van der Waals surface area contributed by atoms with Gasteiger partial charge in [-0.25, -0.2) is 4.98 Å². The molecule has 0 saturated carbocycles. The van der Waals surface area contributed by atoms with Gasteiger partial charge in [0, 0.05) is 29.9 Å². The summed E-state index contributed by atoms with van der Waals surface area (Å²) in [6.45, 7) is 0.594. The van der Waals surface area contributed by atoms with Gasteiger partial charge in [0.25, 0.3) is 0 Å². The molecule has 4 rings (SSSR count). The molecule has 1 aliphatic rings. The maximum absolute atomic E-state index is 13.3. The number of rotatable bonds is 6. The number of carbonyl (C=O) groups is 1. The number of alkyl halides is 3. The van der Waals surface area contributed by atoms with Gasteiger partial charge in [0.2, 0.25) is 11.0 Å². The van der Waals surface area contributed by atoms with E-state index in [-0.39, 0.29) is 18.3 Å². The maximum atomic E-state index is 13.3. The van der Waals surface area contributed by atoms with Crippen molar-refractivity contribution in [2.24, 2.45) is 5.92 Å². The predicted octanol–water partition coefficient (Wildman–Crippen LogP) is 5.16. The number of piperidine rings is 1. The lowest BCUT2D eigenvalue weighted by Crippen LogP contribution is -2.42. The van der Waals surface area contributed by atoms with Crippen molar-refractivity contribution in [1.29, 1.82) is 0 Å². The average molecular weight is 486 g/mol. The summed E-state index contributed by atoms with van der Waals surface area (Å²) in [5.74, 6) is -0.0671. The van der Waals surface area contributed by atoms with Crippen LogP contribution >= 0.6 is 34.4 Å². The monoisotopic (exact) mass is 485 g/mol. The van der Waals surface area contributed by atoms with Crippen LogP contribution in [0, 0.1) is 5.92 Å². The zero-order valence-corrected chi connectivity index (χ0v) is 18.6. The normalized spacial score (nSPS) is 17.0. The predicted molar refractivity (Wildman–Crippen MR) is 117 cm³/mol. The minimum absolute atomic E-state index is 0.129. The first-order chi connectivity index (χ1) is 14.9. The average Bonchev–Trinajstić information content (AvgIpc) is 3.44. The molecule has 6 nitrogen and oxygen atoms in total. The van der Waals surface area contributed by atoms with Crippen LogP contribution in [-0.2, 0) is 16.7 Å². The first-order valence-corrected chi connectivity index (χ1v) is 12.1. The maximum Gasteiger partial charge on any atom is 0.419 e. The molecule has 1 saturated heterocycles. The fourth-order valence-corrected chi connectivity index (χ4v) is 5.84. The van der Waals surface area contributed by atoms with E-state index >= 15 is 0 Å². The van der Waals surface area contributed by atoms with Crippen molar-refractivity contribution >= 4 is 51.3 Å². The SMILES string of the molecule is O=C(Nc1nnc(SCc2cccs2)s1)C1CCCN(c2ncccc2C(F)(F)F)C1. The number of amides is 1. The summed E-state index contributed by atoms with van der Waals surface area (Å²) in [5.41, 5.74) is -0.785. The van der Waals surface area contributed by atoms with Crippen molar-refractivity contribution in [1.82, 2.24) is 15.2 Å². The molecule has 3 aromatic rings. The number of hydrogen-bond donors (Lipinski definition) is 1. The number of nitrogens with zero attached hydrogens (tertiary/aromatic N) is 4. The van der Waals surface area contributed by atoms with Crippen LogP contribution in [-0.4, -0.2) is 34.2 Å². The van der Waals surface area contributed by atoms with Crippen molar-refractivity contribution < 1.29 is 18.0 Å². The number of thiophene rings is 1. The molecular formula is C19H18F3N5OS3. The zero-order chi connectivity index (χ0) is 21.8. The lowest BCUT2D eigenvalue weighted by Gasteiger charge is -2.34. The summed E-state index contributed by atoms with van der Waals surface area (Å²) in [4.78, 5) is 19.4. The van der Waals surface area contributed by atoms with Crippen LogP contribution in [0.15, 0.2) is 40.2 Å². The second kappa shape index (κ2) is 9.53. The summed E-state index contributed by atoms with van der Waals surface area (Å²) in [6, 6.07) is 6.32. The Morgan fingerprint density at radius 2 is 2.16 bits per heavy atom. The van der Waals surface area contributed by atoms with E-state index in [2.05, 4.69) is 20.5 Å². The molecule has 1 aliphatic heterocycles. The molecule has 4 heterocycles. The number of thioether (sulfide) groups is 1. The Morgan fingerprint density at radius 3 is 2.94 bits per heavy atom. The van der Waals surface area contributed by atoms with Crippen LogP contribution in [0.4, 0.5) is 24.1 Å². The van der Waals surface area contributed by atoms with E-state index in [1.807, 2.05) is 17.5 Å². The molecule has 1 amide bonds. The Hall–Kier alpha value is -2.18. The van der Waals surface area contributed by atoms with Gasteiger partial charge in [-0.3, -0.25) is 4.79 Å². The highest BCUT2D eigenvalue weighted by Crippen LogP contribution is 2.36. The summed E-state index contributed by atoms with van der Waals surface area (Å²) < 4.78 is 40.8. The number of carbonyl (C=O) groups excluding carboxylic acids is 1. The molecular weight excluding hydrogens is 467 g/mol. The summed E-state index contributed by atoms with van der Waals surface area (Å²) >= 11 is 4.50. The second-order valence-electron chi connectivity index (χ2n) is 6.89. The van der Waals surface area contributed by atoms with Gasteiger partial charge >= 0.3 is 6.18 Å². The lowest BCUT2D eigenvalue weighted by atomic mass is 9.97. The largest absolute Gasteiger partial charge is 0.419 e. The third-order valence-electron chi connectivity index (χ3n) is 4.74. The number of pyridine rings is 1. The van der Waals surface area contributed by atoms with Gasteiger partial charge in [0.1, 0.15) is 5.82 Å². The lowest BCUT2D eigenvalue weighted by molar-refractivity contribution is -0.137. The van der Waals surface area contributed by atoms with Crippen LogP contribution in [0.2, 0.25) is 0 Å². The molecule has 12 heteroatoms. The van der Waals surface area contributed by atoms with E-state index in [1.165, 1.54) is 28.5 Å². The van der Waals surface area contributed by atoms with E-state index in [1.54, 1.807) is 28.0 Å². The van der Waals surface area contributed by atoms with Crippen LogP contribution in [0.5, 0.6) is 0 Å². The standard InChI is InChI=1S/C19H18F3N5OS3/c20-19(21,22)14-6-1-7-23-15(14)27-8-2-4-12(10-27)16(28)24-17-25-26-18(31-17)30-11-13-5-3-9-29-13/h1,3,5-7,9,12H,2,4,8,10-11H2,(H,24,25,28). The van der Waals surface area contributed by atoms with Gasteiger partial charge < -0.3 is 10.2 Å². The fourth-order valence-electron chi connectivity index (χ4n) is 3.31. The quantitative estimate of drug-likeness (QED) is 0.384. The summed E-state index contributed by atoms with van der Waals surface area (Å²) in [5, 5.41) is 13.3. The van der Waals surface area contributed by atoms with E-state index in [9.17, 15) is 18.0 Å². The number of anilines is 2. The number of aromatic nitrogens is 3. The third kappa shape index (κ3) is 5.55. The first-order valence-electron chi connectivity index (χ1n) is 9.47. The van der Waals surface area contributed by atoms with Crippen LogP contribution in [0.1, 0.15) is 23.3 Å². The molecule has 1 fully saturated rings. The van der Waals surface area contributed by atoms with Gasteiger partial charge in [-0.2, -0.15) is 13.2 Å². The number of nitrogens with one attached hydrogen (secondary N) is 1. The Kier molecular flexibility index (Phi) is 6.77. The minimum Gasteiger partial charge on any atom is -0.355 e. The molecule has 0 aliphatic carbocycles. The number of hydrogen-bond acceptors (Lipinski definition) is 8. The Morgan fingerprint density at radius 1 is 1.29 bits per heavy atom. The topological polar surface area (TPSA) is 71.0 Å². The van der Waals surface area contributed by atoms with Gasteiger partial charge in [0.15, 0.2) is 4.34 Å². The Balaban J connectivity index is 1.38. The van der Waals surface area contributed by atoms with Gasteiger partial charge in [0.05, 0.1) is 11.5 Å². The van der Waals surface area contributed by atoms with E-state index < -0.39 is 17.7 Å². The van der Waals surface area contributed by atoms with Crippen molar-refractivity contribution in [2.75, 3.05) is 23.3 Å². The summed E-state index contributed by atoms with van der Waals surface area (Å²) in [7, 11) is 0. The van der Waals surface area contributed by atoms with E-state index in [4.69, 9.17) is 0 Å². The first kappa shape index (κ1) is 22.0. The van der Waals surface area contributed by atoms with Crippen molar-refractivity contribution in [2.45, 2.75) is 29.1 Å². The van der Waals surface area contributed by atoms with E-state index in [0.717, 1.165) is 16.2 Å². The molecule has 0 bridgehead atoms. The van der Waals surface area contributed by atoms with Gasteiger partial charge in [-0.15, -0.1) is 21.5 Å².